The molecule has 0 aliphatic carbocycles. The van der Waals surface area contributed by atoms with Crippen LogP contribution >= 0.6 is 23.2 Å². The van der Waals surface area contributed by atoms with E-state index in [1.807, 2.05) is 28.9 Å². The molecule has 164 valence electrons. The van der Waals surface area contributed by atoms with E-state index in [0.717, 1.165) is 70.6 Å². The van der Waals surface area contributed by atoms with Crippen molar-refractivity contribution in [3.63, 3.8) is 0 Å². The third kappa shape index (κ3) is 2.83. The first-order chi connectivity index (χ1) is 15.3. The number of imidazole rings is 1. The molecule has 10 heteroatoms. The highest BCUT2D eigenvalue weighted by atomic mass is 35.5. The number of aromatic amines is 1. The predicted octanol–water partition coefficient (Wildman–Crippen LogP) is 4.39. The molecule has 0 bridgehead atoms. The molecule has 8 nitrogen and oxygen atoms in total. The van der Waals surface area contributed by atoms with E-state index in [9.17, 15) is 0 Å². The van der Waals surface area contributed by atoms with Crippen LogP contribution in [0.4, 0.5) is 5.95 Å². The lowest BCUT2D eigenvalue weighted by Gasteiger charge is -2.37. The Balaban J connectivity index is 1.54. The Morgan fingerprint density at radius 2 is 1.91 bits per heavy atom. The number of rotatable bonds is 2. The van der Waals surface area contributed by atoms with Gasteiger partial charge >= 0.3 is 0 Å². The van der Waals surface area contributed by atoms with Gasteiger partial charge in [-0.1, -0.05) is 29.3 Å². The summed E-state index contributed by atoms with van der Waals surface area (Å²) in [6.45, 7) is 3.82. The molecule has 1 fully saturated rings. The topological polar surface area (TPSA) is 93.1 Å². The van der Waals surface area contributed by atoms with Gasteiger partial charge in [-0.15, -0.1) is 0 Å². The predicted molar refractivity (Wildman–Crippen MR) is 129 cm³/mol. The molecule has 32 heavy (non-hydrogen) atoms. The Kier molecular flexibility index (Phi) is 4.24. The molecule has 0 radical (unpaired) electrons. The molecule has 5 aromatic rings. The van der Waals surface area contributed by atoms with E-state index in [4.69, 9.17) is 33.9 Å². The fourth-order valence-electron chi connectivity index (χ4n) is 4.60. The Hall–Kier alpha value is -2.81. The smallest absolute Gasteiger partial charge is 0.213 e. The minimum atomic E-state index is -0.128. The number of hydrogen-bond donors (Lipinski definition) is 2. The number of aromatic nitrogens is 6. The summed E-state index contributed by atoms with van der Waals surface area (Å²) in [4.78, 5) is 15.2. The van der Waals surface area contributed by atoms with Gasteiger partial charge in [0.2, 0.25) is 5.95 Å². The molecule has 6 rings (SSSR count). The third-order valence-corrected chi connectivity index (χ3v) is 7.32. The molecule has 0 amide bonds. The molecule has 1 saturated heterocycles. The maximum Gasteiger partial charge on any atom is 0.213 e. The summed E-state index contributed by atoms with van der Waals surface area (Å²) >= 11 is 13.3. The number of anilines is 1. The van der Waals surface area contributed by atoms with Gasteiger partial charge in [0, 0.05) is 55.4 Å². The first-order valence-electron chi connectivity index (χ1n) is 10.5. The average Bonchev–Trinajstić information content (AvgIpc) is 3.46. The van der Waals surface area contributed by atoms with Crippen molar-refractivity contribution < 1.29 is 0 Å². The fourth-order valence-corrected chi connectivity index (χ4v) is 5.23. The Morgan fingerprint density at radius 1 is 1.12 bits per heavy atom. The summed E-state index contributed by atoms with van der Waals surface area (Å²) < 4.78 is 3.67. The van der Waals surface area contributed by atoms with Crippen LogP contribution in [0.5, 0.6) is 0 Å². The average molecular weight is 469 g/mol. The molecule has 5 heterocycles. The number of nitrogens with one attached hydrogen (secondary N) is 1. The highest BCUT2D eigenvalue weighted by molar-refractivity contribution is 6.43. The summed E-state index contributed by atoms with van der Waals surface area (Å²) in [5, 5.41) is 7.15. The summed E-state index contributed by atoms with van der Waals surface area (Å²) in [7, 11) is 1.80. The van der Waals surface area contributed by atoms with Crippen molar-refractivity contribution >= 4 is 56.7 Å². The quantitative estimate of drug-likeness (QED) is 0.400. The number of hydrogen-bond acceptors (Lipinski definition) is 5. The van der Waals surface area contributed by atoms with Gasteiger partial charge in [-0.3, -0.25) is 9.08 Å². The third-order valence-electron chi connectivity index (χ3n) is 6.50. The molecular formula is C22H22Cl2N8. The number of benzene rings is 1. The molecule has 1 aliphatic rings. The van der Waals surface area contributed by atoms with Gasteiger partial charge in [0.05, 0.1) is 21.3 Å². The van der Waals surface area contributed by atoms with Gasteiger partial charge in [0.15, 0.2) is 5.65 Å². The SMILES string of the molecule is Cn1nc2ccc(-c3c[nH]c4nc(N5CCC(C)(N)CC5)n5ccnc5c34)c(Cl)c2c1Cl. The Labute approximate surface area is 193 Å². The zero-order chi connectivity index (χ0) is 22.2. The van der Waals surface area contributed by atoms with Crippen molar-refractivity contribution in [2.75, 3.05) is 18.0 Å². The summed E-state index contributed by atoms with van der Waals surface area (Å²) in [5.41, 5.74) is 10.3. The minimum absolute atomic E-state index is 0.128. The van der Waals surface area contributed by atoms with Crippen LogP contribution in [0.3, 0.4) is 0 Å². The van der Waals surface area contributed by atoms with Crippen LogP contribution in [-0.2, 0) is 7.05 Å². The molecule has 1 aliphatic heterocycles. The molecule has 4 aromatic heterocycles. The number of fused-ring (bicyclic) bond motifs is 4. The van der Waals surface area contributed by atoms with E-state index in [1.165, 1.54) is 0 Å². The first kappa shape index (κ1) is 19.8. The lowest BCUT2D eigenvalue weighted by Crippen LogP contribution is -2.48. The van der Waals surface area contributed by atoms with Crippen LogP contribution in [0.2, 0.25) is 10.2 Å². The number of nitrogens with zero attached hydrogens (tertiary/aromatic N) is 6. The molecule has 3 N–H and O–H groups in total. The van der Waals surface area contributed by atoms with Crippen LogP contribution in [0.25, 0.3) is 38.7 Å². The van der Waals surface area contributed by atoms with Gasteiger partial charge in [-0.05, 0) is 25.8 Å². The molecule has 0 atom stereocenters. The Morgan fingerprint density at radius 3 is 2.69 bits per heavy atom. The van der Waals surface area contributed by atoms with Crippen LogP contribution in [0, 0.1) is 0 Å². The summed E-state index contributed by atoms with van der Waals surface area (Å²) in [6.07, 6.45) is 7.52. The monoisotopic (exact) mass is 468 g/mol. The molecule has 0 spiro atoms. The van der Waals surface area contributed by atoms with Crippen LogP contribution in [0.15, 0.2) is 30.7 Å². The standard InChI is InChI=1S/C22H22Cl2N8/c1-22(25)5-8-31(9-6-22)21-28-19-15(20-26-7-10-32(20)21)13(11-27-19)12-3-4-14-16(17(12)23)18(24)30(2)29-14/h3-4,7,10-11,27H,5-6,8-9,25H2,1-2H3. The zero-order valence-electron chi connectivity index (χ0n) is 17.7. The fraction of sp³-hybridized carbons (Fsp3) is 0.318. The maximum atomic E-state index is 6.84. The molecule has 1 aromatic carbocycles. The van der Waals surface area contributed by atoms with Gasteiger partial charge < -0.3 is 15.6 Å². The second kappa shape index (κ2) is 6.84. The zero-order valence-corrected chi connectivity index (χ0v) is 19.2. The van der Waals surface area contributed by atoms with Crippen LogP contribution in [0.1, 0.15) is 19.8 Å². The van der Waals surface area contributed by atoms with Crippen molar-refractivity contribution in [3.8, 4) is 11.1 Å². The lowest BCUT2D eigenvalue weighted by atomic mass is 9.91. The number of aryl methyl sites for hydroxylation is 1. The van der Waals surface area contributed by atoms with Gasteiger partial charge in [0.25, 0.3) is 0 Å². The Bertz CT molecular complexity index is 1500. The van der Waals surface area contributed by atoms with Gasteiger partial charge in [0.1, 0.15) is 10.8 Å². The van der Waals surface area contributed by atoms with Crippen molar-refractivity contribution in [1.82, 2.24) is 29.1 Å². The van der Waals surface area contributed by atoms with E-state index in [0.29, 0.717) is 10.2 Å². The number of H-pyrrole nitrogens is 1. The van der Waals surface area contributed by atoms with E-state index in [2.05, 4.69) is 26.9 Å². The van der Waals surface area contributed by atoms with Crippen molar-refractivity contribution in [2.24, 2.45) is 12.8 Å². The van der Waals surface area contributed by atoms with Crippen molar-refractivity contribution in [2.45, 2.75) is 25.3 Å². The molecule has 0 saturated carbocycles. The second-order valence-corrected chi connectivity index (χ2v) is 9.57. The number of halogens is 2. The van der Waals surface area contributed by atoms with Crippen LogP contribution < -0.4 is 10.6 Å². The number of nitrogens with two attached hydrogens (primary N) is 1. The molecule has 0 unspecified atom stereocenters. The largest absolute Gasteiger partial charge is 0.345 e. The first-order valence-corrected chi connectivity index (χ1v) is 11.3. The van der Waals surface area contributed by atoms with E-state index in [1.54, 1.807) is 17.9 Å². The summed E-state index contributed by atoms with van der Waals surface area (Å²) in [5.74, 6) is 0.866. The molecular weight excluding hydrogens is 447 g/mol. The highest BCUT2D eigenvalue weighted by Crippen LogP contribution is 2.41. The lowest BCUT2D eigenvalue weighted by molar-refractivity contribution is 0.361. The second-order valence-electron chi connectivity index (χ2n) is 8.84. The normalized spacial score (nSPS) is 16.6. The summed E-state index contributed by atoms with van der Waals surface area (Å²) in [6, 6.07) is 3.90. The van der Waals surface area contributed by atoms with Crippen molar-refractivity contribution in [3.05, 3.63) is 40.9 Å². The van der Waals surface area contributed by atoms with E-state index < -0.39 is 0 Å². The van der Waals surface area contributed by atoms with Crippen LogP contribution in [-0.4, -0.2) is 47.8 Å². The van der Waals surface area contributed by atoms with E-state index >= 15 is 0 Å². The minimum Gasteiger partial charge on any atom is -0.345 e. The number of piperidine rings is 1. The van der Waals surface area contributed by atoms with Crippen molar-refractivity contribution in [1.29, 1.82) is 0 Å². The maximum absolute atomic E-state index is 6.84. The highest BCUT2D eigenvalue weighted by Gasteiger charge is 2.28. The van der Waals surface area contributed by atoms with Gasteiger partial charge in [-0.25, -0.2) is 4.98 Å². The van der Waals surface area contributed by atoms with E-state index in [-0.39, 0.29) is 5.54 Å². The van der Waals surface area contributed by atoms with Gasteiger partial charge in [-0.2, -0.15) is 10.1 Å².